The van der Waals surface area contributed by atoms with Crippen molar-refractivity contribution < 1.29 is 28.5 Å². The minimum Gasteiger partial charge on any atom is -0.493 e. The van der Waals surface area contributed by atoms with Crippen molar-refractivity contribution in [1.82, 2.24) is 10.2 Å². The number of ether oxygens (including phenoxy) is 5. The average Bonchev–Trinajstić information content (AvgIpc) is 3.32. The van der Waals surface area contributed by atoms with Crippen molar-refractivity contribution in [3.8, 4) is 17.2 Å². The summed E-state index contributed by atoms with van der Waals surface area (Å²) in [7, 11) is 4.76. The summed E-state index contributed by atoms with van der Waals surface area (Å²) in [5.74, 6) is 2.25. The largest absolute Gasteiger partial charge is 0.493 e. The number of carbonyl (C=O) groups excluding carboxylic acids is 1. The molecule has 1 aromatic rings. The maximum Gasteiger partial charge on any atom is 0.220 e. The molecule has 8 heteroatoms. The Bertz CT molecular complexity index is 686. The molecule has 0 spiro atoms. The number of hydrogen-bond donors (Lipinski definition) is 1. The van der Waals surface area contributed by atoms with Crippen molar-refractivity contribution in [1.29, 1.82) is 0 Å². The van der Waals surface area contributed by atoms with Crippen molar-refractivity contribution in [3.05, 3.63) is 17.7 Å². The maximum atomic E-state index is 12.6. The molecular weight excluding hydrogens is 388 g/mol. The van der Waals surface area contributed by atoms with Crippen LogP contribution < -0.4 is 19.5 Å². The minimum atomic E-state index is 0.0315. The number of nitrogens with one attached hydrogen (secondary N) is 1. The fourth-order valence-corrected chi connectivity index (χ4v) is 4.27. The van der Waals surface area contributed by atoms with Crippen LogP contribution >= 0.6 is 0 Å². The highest BCUT2D eigenvalue weighted by atomic mass is 16.5. The zero-order valence-corrected chi connectivity index (χ0v) is 18.3. The molecular formula is C22H34N2O6. The second kappa shape index (κ2) is 11.4. The Kier molecular flexibility index (Phi) is 8.60. The van der Waals surface area contributed by atoms with Crippen LogP contribution in [0.15, 0.2) is 12.1 Å². The third-order valence-electron chi connectivity index (χ3n) is 5.94. The van der Waals surface area contributed by atoms with Gasteiger partial charge in [0.25, 0.3) is 0 Å². The van der Waals surface area contributed by atoms with Crippen LogP contribution in [-0.4, -0.2) is 84.2 Å². The predicted molar refractivity (Wildman–Crippen MR) is 113 cm³/mol. The van der Waals surface area contributed by atoms with Gasteiger partial charge in [0.1, 0.15) is 0 Å². The lowest BCUT2D eigenvalue weighted by molar-refractivity contribution is -0.121. The molecule has 2 aliphatic rings. The SMILES string of the molecule is COc1ccc(CCC(=O)NCC(C2CCOC2)N2CCOCC2)c(OC)c1OC. The van der Waals surface area contributed by atoms with Crippen molar-refractivity contribution in [3.63, 3.8) is 0 Å². The third-order valence-corrected chi connectivity index (χ3v) is 5.94. The molecule has 2 aliphatic heterocycles. The van der Waals surface area contributed by atoms with Crippen molar-refractivity contribution >= 4 is 5.91 Å². The second-order valence-corrected chi connectivity index (χ2v) is 7.64. The number of aryl methyl sites for hydroxylation is 1. The molecule has 2 saturated heterocycles. The highest BCUT2D eigenvalue weighted by Crippen LogP contribution is 2.40. The number of morpholine rings is 1. The van der Waals surface area contributed by atoms with E-state index in [2.05, 4.69) is 10.2 Å². The molecule has 0 radical (unpaired) electrons. The Balaban J connectivity index is 1.57. The van der Waals surface area contributed by atoms with Gasteiger partial charge >= 0.3 is 0 Å². The van der Waals surface area contributed by atoms with E-state index in [1.807, 2.05) is 12.1 Å². The van der Waals surface area contributed by atoms with E-state index in [-0.39, 0.29) is 11.9 Å². The zero-order valence-electron chi connectivity index (χ0n) is 18.3. The Morgan fingerprint density at radius 3 is 2.50 bits per heavy atom. The van der Waals surface area contributed by atoms with Gasteiger partial charge in [0.15, 0.2) is 11.5 Å². The van der Waals surface area contributed by atoms with Crippen LogP contribution in [0.1, 0.15) is 18.4 Å². The Labute approximate surface area is 178 Å². The van der Waals surface area contributed by atoms with Gasteiger partial charge in [0.2, 0.25) is 11.7 Å². The van der Waals surface area contributed by atoms with Gasteiger partial charge in [-0.1, -0.05) is 6.07 Å². The Morgan fingerprint density at radius 2 is 1.87 bits per heavy atom. The third kappa shape index (κ3) is 5.56. The molecule has 1 amide bonds. The van der Waals surface area contributed by atoms with Crippen molar-refractivity contribution in [2.45, 2.75) is 25.3 Å². The molecule has 2 atom stereocenters. The number of benzene rings is 1. The van der Waals surface area contributed by atoms with Crippen LogP contribution in [0.2, 0.25) is 0 Å². The number of amides is 1. The summed E-state index contributed by atoms with van der Waals surface area (Å²) >= 11 is 0. The fraction of sp³-hybridized carbons (Fsp3) is 0.682. The molecule has 3 rings (SSSR count). The van der Waals surface area contributed by atoms with Gasteiger partial charge < -0.3 is 29.0 Å². The first-order chi connectivity index (χ1) is 14.7. The van der Waals surface area contributed by atoms with Crippen LogP contribution in [0.3, 0.4) is 0 Å². The molecule has 168 valence electrons. The van der Waals surface area contributed by atoms with Crippen LogP contribution in [0.25, 0.3) is 0 Å². The van der Waals surface area contributed by atoms with E-state index in [4.69, 9.17) is 23.7 Å². The molecule has 2 fully saturated rings. The summed E-state index contributed by atoms with van der Waals surface area (Å²) < 4.78 is 27.4. The van der Waals surface area contributed by atoms with E-state index in [9.17, 15) is 4.79 Å². The quantitative estimate of drug-likeness (QED) is 0.612. The van der Waals surface area contributed by atoms with Crippen molar-refractivity contribution in [2.75, 3.05) is 67.4 Å². The number of nitrogens with zero attached hydrogens (tertiary/aromatic N) is 1. The van der Waals surface area contributed by atoms with E-state index >= 15 is 0 Å². The fourth-order valence-electron chi connectivity index (χ4n) is 4.27. The van der Waals surface area contributed by atoms with E-state index in [1.54, 1.807) is 21.3 Å². The summed E-state index contributed by atoms with van der Waals surface area (Å²) in [4.78, 5) is 15.0. The van der Waals surface area contributed by atoms with E-state index in [0.29, 0.717) is 42.6 Å². The summed E-state index contributed by atoms with van der Waals surface area (Å²) in [5.41, 5.74) is 0.916. The summed E-state index contributed by atoms with van der Waals surface area (Å²) in [5, 5.41) is 3.14. The van der Waals surface area contributed by atoms with Gasteiger partial charge in [-0.05, 0) is 24.5 Å². The highest BCUT2D eigenvalue weighted by molar-refractivity contribution is 5.76. The van der Waals surface area contributed by atoms with E-state index < -0.39 is 0 Å². The first-order valence-corrected chi connectivity index (χ1v) is 10.6. The lowest BCUT2D eigenvalue weighted by Crippen LogP contribution is -2.52. The highest BCUT2D eigenvalue weighted by Gasteiger charge is 2.31. The molecule has 1 aromatic carbocycles. The number of methoxy groups -OCH3 is 3. The van der Waals surface area contributed by atoms with Gasteiger partial charge in [-0.2, -0.15) is 0 Å². The first-order valence-electron chi connectivity index (χ1n) is 10.6. The normalized spacial score (nSPS) is 20.6. The maximum absolute atomic E-state index is 12.6. The van der Waals surface area contributed by atoms with Crippen LogP contribution in [-0.2, 0) is 20.7 Å². The predicted octanol–water partition coefficient (Wildman–Crippen LogP) is 1.50. The summed E-state index contributed by atoms with van der Waals surface area (Å²) in [6.45, 7) is 5.50. The molecule has 2 heterocycles. The molecule has 0 bridgehead atoms. The zero-order chi connectivity index (χ0) is 21.3. The second-order valence-electron chi connectivity index (χ2n) is 7.64. The van der Waals surface area contributed by atoms with E-state index in [1.165, 1.54) is 0 Å². The van der Waals surface area contributed by atoms with Gasteiger partial charge in [-0.15, -0.1) is 0 Å². The smallest absolute Gasteiger partial charge is 0.220 e. The molecule has 30 heavy (non-hydrogen) atoms. The Morgan fingerprint density at radius 1 is 1.10 bits per heavy atom. The van der Waals surface area contributed by atoms with Gasteiger partial charge in [0.05, 0.1) is 41.2 Å². The molecule has 0 aromatic heterocycles. The standard InChI is InChI=1S/C22H34N2O6/c1-26-19-6-4-16(21(27-2)22(19)28-3)5-7-20(25)23-14-18(17-8-11-30-15-17)24-9-12-29-13-10-24/h4,6,17-18H,5,7-15H2,1-3H3,(H,23,25). The summed E-state index contributed by atoms with van der Waals surface area (Å²) in [6.07, 6.45) is 1.98. The number of carbonyl (C=O) groups is 1. The van der Waals surface area contributed by atoms with Gasteiger partial charge in [-0.3, -0.25) is 9.69 Å². The number of hydrogen-bond acceptors (Lipinski definition) is 7. The topological polar surface area (TPSA) is 78.5 Å². The Hall–Kier alpha value is -2.03. The van der Waals surface area contributed by atoms with Crippen LogP contribution in [0, 0.1) is 5.92 Å². The molecule has 1 N–H and O–H groups in total. The van der Waals surface area contributed by atoms with Gasteiger partial charge in [0, 0.05) is 44.6 Å². The monoisotopic (exact) mass is 422 g/mol. The minimum absolute atomic E-state index is 0.0315. The molecule has 8 nitrogen and oxygen atoms in total. The van der Waals surface area contributed by atoms with E-state index in [0.717, 1.165) is 51.5 Å². The molecule has 0 aliphatic carbocycles. The molecule has 0 saturated carbocycles. The molecule has 2 unspecified atom stereocenters. The average molecular weight is 423 g/mol. The lowest BCUT2D eigenvalue weighted by Gasteiger charge is -2.37. The van der Waals surface area contributed by atoms with Gasteiger partial charge in [-0.25, -0.2) is 0 Å². The van der Waals surface area contributed by atoms with Crippen molar-refractivity contribution in [2.24, 2.45) is 5.92 Å². The lowest BCUT2D eigenvalue weighted by atomic mass is 9.96. The number of rotatable bonds is 10. The van der Waals surface area contributed by atoms with Crippen LogP contribution in [0.4, 0.5) is 0 Å². The summed E-state index contributed by atoms with van der Waals surface area (Å²) in [6, 6.07) is 4.04. The first kappa shape index (κ1) is 22.7. The van der Waals surface area contributed by atoms with Crippen LogP contribution in [0.5, 0.6) is 17.2 Å².